The zero-order chi connectivity index (χ0) is 13.0. The van der Waals surface area contributed by atoms with Crippen molar-refractivity contribution in [3.8, 4) is 11.4 Å². The van der Waals surface area contributed by atoms with Crippen LogP contribution in [-0.2, 0) is 0 Å². The third-order valence-corrected chi connectivity index (χ3v) is 2.76. The molecule has 0 aliphatic heterocycles. The number of nitrogens with zero attached hydrogens (tertiary/aromatic N) is 2. The molecule has 0 aliphatic carbocycles. The minimum atomic E-state index is 0.445. The molecule has 0 amide bonds. The zero-order valence-electron chi connectivity index (χ0n) is 10.8. The molecule has 96 valence electrons. The Morgan fingerprint density at radius 1 is 1.28 bits per heavy atom. The van der Waals surface area contributed by atoms with Crippen LogP contribution in [-0.4, -0.2) is 22.7 Å². The highest BCUT2D eigenvalue weighted by molar-refractivity contribution is 5.39. The summed E-state index contributed by atoms with van der Waals surface area (Å²) in [5.74, 6) is 1.29. The van der Waals surface area contributed by atoms with Gasteiger partial charge in [0, 0.05) is 24.1 Å². The topological polar surface area (TPSA) is 53.1 Å². The molecule has 0 bridgehead atoms. The molecule has 0 atom stereocenters. The van der Waals surface area contributed by atoms with Crippen molar-refractivity contribution < 1.29 is 4.74 Å². The van der Waals surface area contributed by atoms with E-state index in [1.807, 2.05) is 36.8 Å². The van der Waals surface area contributed by atoms with E-state index in [1.54, 1.807) is 0 Å². The second-order valence-electron chi connectivity index (χ2n) is 4.47. The summed E-state index contributed by atoms with van der Waals surface area (Å²) in [6.45, 7) is 5.39. The van der Waals surface area contributed by atoms with E-state index >= 15 is 0 Å². The lowest BCUT2D eigenvalue weighted by atomic mass is 10.1. The van der Waals surface area contributed by atoms with Crippen molar-refractivity contribution >= 4 is 0 Å². The average Bonchev–Trinajstić information content (AvgIpc) is 2.86. The van der Waals surface area contributed by atoms with E-state index in [0.717, 1.165) is 11.4 Å². The Kier molecular flexibility index (Phi) is 3.99. The summed E-state index contributed by atoms with van der Waals surface area (Å²) in [5.41, 5.74) is 7.69. The highest BCUT2D eigenvalue weighted by Crippen LogP contribution is 2.20. The Balaban J connectivity index is 2.21. The molecule has 0 saturated heterocycles. The van der Waals surface area contributed by atoms with Crippen molar-refractivity contribution in [1.82, 2.24) is 9.55 Å². The van der Waals surface area contributed by atoms with Crippen LogP contribution < -0.4 is 10.5 Å². The first-order chi connectivity index (χ1) is 8.72. The first kappa shape index (κ1) is 12.6. The number of imidazole rings is 1. The molecule has 0 radical (unpaired) electrons. The molecule has 2 rings (SSSR count). The molecule has 4 heteroatoms. The third-order valence-electron chi connectivity index (χ3n) is 2.76. The first-order valence-corrected chi connectivity index (χ1v) is 6.18. The quantitative estimate of drug-likeness (QED) is 0.879. The highest BCUT2D eigenvalue weighted by atomic mass is 16.5. The monoisotopic (exact) mass is 245 g/mol. The molecule has 0 fully saturated rings. The van der Waals surface area contributed by atoms with Crippen LogP contribution in [0.15, 0.2) is 36.8 Å². The van der Waals surface area contributed by atoms with E-state index < -0.39 is 0 Å². The van der Waals surface area contributed by atoms with E-state index in [4.69, 9.17) is 10.5 Å². The standard InChI is InChI=1S/C14H19N3O/c1-11(2)14-9-16-10-17(14)12-3-5-13(6-4-12)18-8-7-15/h3-6,9-11H,7-8,15H2,1-2H3. The van der Waals surface area contributed by atoms with Crippen LogP contribution >= 0.6 is 0 Å². The summed E-state index contributed by atoms with van der Waals surface area (Å²) in [7, 11) is 0. The number of hydrogen-bond acceptors (Lipinski definition) is 3. The van der Waals surface area contributed by atoms with Crippen LogP contribution in [0.25, 0.3) is 5.69 Å². The van der Waals surface area contributed by atoms with Gasteiger partial charge in [0.25, 0.3) is 0 Å². The van der Waals surface area contributed by atoms with Gasteiger partial charge in [0.2, 0.25) is 0 Å². The number of benzene rings is 1. The molecule has 1 aromatic carbocycles. The van der Waals surface area contributed by atoms with Gasteiger partial charge in [0.05, 0.1) is 6.33 Å². The summed E-state index contributed by atoms with van der Waals surface area (Å²) in [6, 6.07) is 7.96. The van der Waals surface area contributed by atoms with E-state index in [-0.39, 0.29) is 0 Å². The van der Waals surface area contributed by atoms with Gasteiger partial charge < -0.3 is 15.0 Å². The van der Waals surface area contributed by atoms with E-state index in [1.165, 1.54) is 5.69 Å². The summed E-state index contributed by atoms with van der Waals surface area (Å²) in [6.07, 6.45) is 3.74. The highest BCUT2D eigenvalue weighted by Gasteiger charge is 2.07. The molecule has 0 spiro atoms. The minimum absolute atomic E-state index is 0.445. The summed E-state index contributed by atoms with van der Waals surface area (Å²) in [5, 5.41) is 0. The lowest BCUT2D eigenvalue weighted by Crippen LogP contribution is -2.10. The van der Waals surface area contributed by atoms with Gasteiger partial charge in [-0.3, -0.25) is 0 Å². The number of ether oxygens (including phenoxy) is 1. The molecule has 2 N–H and O–H groups in total. The normalized spacial score (nSPS) is 10.9. The maximum absolute atomic E-state index is 5.46. The van der Waals surface area contributed by atoms with Crippen molar-refractivity contribution in [2.75, 3.05) is 13.2 Å². The maximum Gasteiger partial charge on any atom is 0.119 e. The number of rotatable bonds is 5. The fourth-order valence-electron chi connectivity index (χ4n) is 1.83. The molecular formula is C14H19N3O. The van der Waals surface area contributed by atoms with Gasteiger partial charge in [0.1, 0.15) is 12.4 Å². The van der Waals surface area contributed by atoms with Gasteiger partial charge in [-0.2, -0.15) is 0 Å². The van der Waals surface area contributed by atoms with Gasteiger partial charge in [-0.1, -0.05) is 13.8 Å². The molecule has 1 aromatic heterocycles. The van der Waals surface area contributed by atoms with Gasteiger partial charge in [-0.15, -0.1) is 0 Å². The lowest BCUT2D eigenvalue weighted by Gasteiger charge is -2.11. The van der Waals surface area contributed by atoms with Crippen LogP contribution in [0.2, 0.25) is 0 Å². The molecular weight excluding hydrogens is 226 g/mol. The Morgan fingerprint density at radius 3 is 2.61 bits per heavy atom. The van der Waals surface area contributed by atoms with E-state index in [0.29, 0.717) is 19.1 Å². The third kappa shape index (κ3) is 2.71. The smallest absolute Gasteiger partial charge is 0.119 e. The zero-order valence-corrected chi connectivity index (χ0v) is 10.8. The second-order valence-corrected chi connectivity index (χ2v) is 4.47. The molecule has 0 aliphatic rings. The molecule has 1 heterocycles. The SMILES string of the molecule is CC(C)c1cncn1-c1ccc(OCCN)cc1. The van der Waals surface area contributed by atoms with Crippen LogP contribution in [0.5, 0.6) is 5.75 Å². The average molecular weight is 245 g/mol. The predicted octanol–water partition coefficient (Wildman–Crippen LogP) is 2.33. The van der Waals surface area contributed by atoms with E-state index in [2.05, 4.69) is 23.4 Å². The summed E-state index contributed by atoms with van der Waals surface area (Å²) >= 11 is 0. The van der Waals surface area contributed by atoms with Crippen molar-refractivity contribution in [3.63, 3.8) is 0 Å². The van der Waals surface area contributed by atoms with Crippen molar-refractivity contribution in [2.45, 2.75) is 19.8 Å². The summed E-state index contributed by atoms with van der Waals surface area (Å²) in [4.78, 5) is 4.21. The lowest BCUT2D eigenvalue weighted by molar-refractivity contribution is 0.328. The molecule has 2 aromatic rings. The Morgan fingerprint density at radius 2 is 2.00 bits per heavy atom. The molecule has 0 saturated carbocycles. The van der Waals surface area contributed by atoms with Gasteiger partial charge in [0.15, 0.2) is 0 Å². The fourth-order valence-corrected chi connectivity index (χ4v) is 1.83. The minimum Gasteiger partial charge on any atom is -0.492 e. The first-order valence-electron chi connectivity index (χ1n) is 6.18. The van der Waals surface area contributed by atoms with Crippen LogP contribution in [0, 0.1) is 0 Å². The Bertz CT molecular complexity index is 488. The van der Waals surface area contributed by atoms with Crippen molar-refractivity contribution in [2.24, 2.45) is 5.73 Å². The number of aromatic nitrogens is 2. The van der Waals surface area contributed by atoms with Crippen molar-refractivity contribution in [1.29, 1.82) is 0 Å². The molecule has 18 heavy (non-hydrogen) atoms. The largest absolute Gasteiger partial charge is 0.492 e. The van der Waals surface area contributed by atoms with E-state index in [9.17, 15) is 0 Å². The molecule has 0 unspecified atom stereocenters. The Hall–Kier alpha value is -1.81. The predicted molar refractivity (Wildman–Crippen MR) is 72.2 cm³/mol. The molecule has 4 nitrogen and oxygen atoms in total. The number of hydrogen-bond donors (Lipinski definition) is 1. The maximum atomic E-state index is 5.46. The second kappa shape index (κ2) is 5.69. The fraction of sp³-hybridized carbons (Fsp3) is 0.357. The van der Waals surface area contributed by atoms with Crippen molar-refractivity contribution in [3.05, 3.63) is 42.5 Å². The van der Waals surface area contributed by atoms with Gasteiger partial charge >= 0.3 is 0 Å². The van der Waals surface area contributed by atoms with Gasteiger partial charge in [-0.05, 0) is 30.2 Å². The van der Waals surface area contributed by atoms with Gasteiger partial charge in [-0.25, -0.2) is 4.98 Å². The summed E-state index contributed by atoms with van der Waals surface area (Å²) < 4.78 is 7.55. The van der Waals surface area contributed by atoms with Crippen LogP contribution in [0.1, 0.15) is 25.5 Å². The Labute approximate surface area is 107 Å². The van der Waals surface area contributed by atoms with Crippen LogP contribution in [0.3, 0.4) is 0 Å². The number of nitrogens with two attached hydrogens (primary N) is 1. The van der Waals surface area contributed by atoms with Crippen LogP contribution in [0.4, 0.5) is 0 Å².